The molecular weight excluding hydrogens is 253 g/mol. The number of likely N-dealkylation sites (tertiary alicyclic amines) is 1. The van der Waals surface area contributed by atoms with E-state index in [4.69, 9.17) is 0 Å². The van der Waals surface area contributed by atoms with Crippen molar-refractivity contribution < 1.29 is 9.18 Å². The summed E-state index contributed by atoms with van der Waals surface area (Å²) in [5.74, 6) is 0.531. The number of halogens is 1. The smallest absolute Gasteiger partial charge is 0.254 e. The van der Waals surface area contributed by atoms with E-state index in [1.54, 1.807) is 19.1 Å². The molecule has 1 heterocycles. The quantitative estimate of drug-likeness (QED) is 0.760. The Morgan fingerprint density at radius 2 is 1.95 bits per heavy atom. The lowest BCUT2D eigenvalue weighted by molar-refractivity contribution is 0.0390. The lowest BCUT2D eigenvalue weighted by Crippen LogP contribution is -2.49. The van der Waals surface area contributed by atoms with Crippen LogP contribution in [0.3, 0.4) is 0 Å². The number of fused-ring (bicyclic) bond motifs is 1. The molecule has 1 saturated heterocycles. The summed E-state index contributed by atoms with van der Waals surface area (Å²) in [7, 11) is 0. The van der Waals surface area contributed by atoms with Crippen LogP contribution in [0, 0.1) is 18.7 Å². The van der Waals surface area contributed by atoms with Gasteiger partial charge < -0.3 is 4.90 Å². The first-order valence-electron chi connectivity index (χ1n) is 7.74. The van der Waals surface area contributed by atoms with Gasteiger partial charge in [-0.3, -0.25) is 4.79 Å². The molecule has 108 valence electrons. The molecule has 2 nitrogen and oxygen atoms in total. The van der Waals surface area contributed by atoms with E-state index in [1.807, 2.05) is 0 Å². The van der Waals surface area contributed by atoms with Crippen LogP contribution >= 0.6 is 0 Å². The maximum absolute atomic E-state index is 13.3. The van der Waals surface area contributed by atoms with Crippen LogP contribution < -0.4 is 0 Å². The van der Waals surface area contributed by atoms with Crippen molar-refractivity contribution in [3.05, 3.63) is 35.1 Å². The molecule has 2 aliphatic rings. The molecule has 3 heteroatoms. The summed E-state index contributed by atoms with van der Waals surface area (Å²) in [6, 6.07) is 5.13. The van der Waals surface area contributed by atoms with Crippen molar-refractivity contribution in [3.8, 4) is 0 Å². The predicted octanol–water partition coefficient (Wildman–Crippen LogP) is 3.93. The van der Waals surface area contributed by atoms with Crippen LogP contribution in [0.2, 0.25) is 0 Å². The molecule has 0 N–H and O–H groups in total. The molecule has 20 heavy (non-hydrogen) atoms. The Hall–Kier alpha value is -1.38. The minimum Gasteiger partial charge on any atom is -0.335 e. The normalized spacial score (nSPS) is 26.2. The molecule has 0 spiro atoms. The minimum atomic E-state index is -0.240. The highest BCUT2D eigenvalue weighted by molar-refractivity contribution is 5.94. The van der Waals surface area contributed by atoms with Gasteiger partial charge in [-0.05, 0) is 62.3 Å². The SMILES string of the molecule is Cc1cc(C(=O)N2CCC[C@H]3CCCC[C@H]32)ccc1F. The molecule has 0 radical (unpaired) electrons. The first-order valence-corrected chi connectivity index (χ1v) is 7.74. The predicted molar refractivity (Wildman–Crippen MR) is 77.2 cm³/mol. The third kappa shape index (κ3) is 2.46. The van der Waals surface area contributed by atoms with Crippen molar-refractivity contribution in [1.82, 2.24) is 4.90 Å². The van der Waals surface area contributed by atoms with Gasteiger partial charge in [0.05, 0.1) is 0 Å². The Morgan fingerprint density at radius 3 is 2.75 bits per heavy atom. The van der Waals surface area contributed by atoms with Crippen LogP contribution in [0.25, 0.3) is 0 Å². The first kappa shape index (κ1) is 13.6. The van der Waals surface area contributed by atoms with Crippen molar-refractivity contribution in [3.63, 3.8) is 0 Å². The third-order valence-corrected chi connectivity index (χ3v) is 4.91. The van der Waals surface area contributed by atoms with Gasteiger partial charge >= 0.3 is 0 Å². The van der Waals surface area contributed by atoms with Gasteiger partial charge in [0, 0.05) is 18.2 Å². The molecule has 3 rings (SSSR count). The molecule has 1 aromatic carbocycles. The number of hydrogen-bond donors (Lipinski definition) is 0. The molecular formula is C17H22FNO. The number of carbonyl (C=O) groups excluding carboxylic acids is 1. The summed E-state index contributed by atoms with van der Waals surface area (Å²) in [5, 5.41) is 0. The zero-order chi connectivity index (χ0) is 14.1. The highest BCUT2D eigenvalue weighted by Gasteiger charge is 2.35. The van der Waals surface area contributed by atoms with E-state index in [0.29, 0.717) is 23.1 Å². The summed E-state index contributed by atoms with van der Waals surface area (Å²) in [6.07, 6.45) is 7.30. The second-order valence-corrected chi connectivity index (χ2v) is 6.22. The zero-order valence-corrected chi connectivity index (χ0v) is 12.1. The Kier molecular flexibility index (Phi) is 3.77. The fraction of sp³-hybridized carbons (Fsp3) is 0.588. The fourth-order valence-electron chi connectivity index (χ4n) is 3.82. The van der Waals surface area contributed by atoms with Gasteiger partial charge in [-0.25, -0.2) is 4.39 Å². The topological polar surface area (TPSA) is 20.3 Å². The monoisotopic (exact) mass is 275 g/mol. The zero-order valence-electron chi connectivity index (χ0n) is 12.1. The maximum Gasteiger partial charge on any atom is 0.254 e. The molecule has 0 unspecified atom stereocenters. The summed E-state index contributed by atoms with van der Waals surface area (Å²) in [5.41, 5.74) is 1.18. The molecule has 2 fully saturated rings. The van der Waals surface area contributed by atoms with Crippen molar-refractivity contribution in [2.24, 2.45) is 5.92 Å². The van der Waals surface area contributed by atoms with Crippen molar-refractivity contribution in [2.75, 3.05) is 6.54 Å². The number of amides is 1. The van der Waals surface area contributed by atoms with E-state index < -0.39 is 0 Å². The van der Waals surface area contributed by atoms with Gasteiger partial charge in [0.15, 0.2) is 0 Å². The van der Waals surface area contributed by atoms with Crippen LogP contribution in [0.5, 0.6) is 0 Å². The van der Waals surface area contributed by atoms with Gasteiger partial charge in [0.25, 0.3) is 5.91 Å². The Bertz CT molecular complexity index is 512. The number of benzene rings is 1. The number of carbonyl (C=O) groups is 1. The van der Waals surface area contributed by atoms with Gasteiger partial charge in [-0.15, -0.1) is 0 Å². The van der Waals surface area contributed by atoms with Gasteiger partial charge in [0.1, 0.15) is 5.82 Å². The molecule has 2 atom stereocenters. The molecule has 0 bridgehead atoms. The molecule has 1 amide bonds. The van der Waals surface area contributed by atoms with Gasteiger partial charge in [-0.2, -0.15) is 0 Å². The molecule has 1 saturated carbocycles. The lowest BCUT2D eigenvalue weighted by Gasteiger charge is -2.44. The van der Waals surface area contributed by atoms with Crippen molar-refractivity contribution >= 4 is 5.91 Å². The average Bonchev–Trinajstić information content (AvgIpc) is 2.49. The minimum absolute atomic E-state index is 0.0877. The van der Waals surface area contributed by atoms with Gasteiger partial charge in [-0.1, -0.05) is 12.8 Å². The Labute approximate surface area is 120 Å². The van der Waals surface area contributed by atoms with E-state index in [2.05, 4.69) is 4.90 Å². The largest absolute Gasteiger partial charge is 0.335 e. The van der Waals surface area contributed by atoms with Gasteiger partial charge in [0.2, 0.25) is 0 Å². The van der Waals surface area contributed by atoms with Crippen molar-refractivity contribution in [2.45, 2.75) is 51.5 Å². The average molecular weight is 275 g/mol. The van der Waals surface area contributed by atoms with Crippen LogP contribution in [0.15, 0.2) is 18.2 Å². The highest BCUT2D eigenvalue weighted by Crippen LogP contribution is 2.35. The number of piperidine rings is 1. The highest BCUT2D eigenvalue weighted by atomic mass is 19.1. The molecule has 1 aliphatic carbocycles. The Balaban J connectivity index is 1.83. The summed E-state index contributed by atoms with van der Waals surface area (Å²) >= 11 is 0. The standard InChI is InChI=1S/C17H22FNO/c1-12-11-14(8-9-15(12)18)17(20)19-10-4-6-13-5-2-3-7-16(13)19/h8-9,11,13,16H,2-7,10H2,1H3/t13-,16-/m1/s1. The number of rotatable bonds is 1. The van der Waals surface area contributed by atoms with Crippen LogP contribution in [-0.4, -0.2) is 23.4 Å². The first-order chi connectivity index (χ1) is 9.66. The van der Waals surface area contributed by atoms with E-state index in [-0.39, 0.29) is 11.7 Å². The van der Waals surface area contributed by atoms with E-state index in [1.165, 1.54) is 31.7 Å². The summed E-state index contributed by atoms with van der Waals surface area (Å²) < 4.78 is 13.3. The maximum atomic E-state index is 13.3. The van der Waals surface area contributed by atoms with Crippen LogP contribution in [0.1, 0.15) is 54.4 Å². The number of hydrogen-bond acceptors (Lipinski definition) is 1. The van der Waals surface area contributed by atoms with Crippen LogP contribution in [0.4, 0.5) is 4.39 Å². The number of nitrogens with zero attached hydrogens (tertiary/aromatic N) is 1. The van der Waals surface area contributed by atoms with E-state index >= 15 is 0 Å². The third-order valence-electron chi connectivity index (χ3n) is 4.91. The lowest BCUT2D eigenvalue weighted by atomic mass is 9.78. The fourth-order valence-corrected chi connectivity index (χ4v) is 3.82. The molecule has 1 aromatic rings. The molecule has 0 aromatic heterocycles. The molecule has 1 aliphatic heterocycles. The Morgan fingerprint density at radius 1 is 1.20 bits per heavy atom. The second-order valence-electron chi connectivity index (χ2n) is 6.22. The van der Waals surface area contributed by atoms with E-state index in [9.17, 15) is 9.18 Å². The summed E-state index contributed by atoms with van der Waals surface area (Å²) in [6.45, 7) is 2.57. The second kappa shape index (κ2) is 5.55. The van der Waals surface area contributed by atoms with Crippen molar-refractivity contribution in [1.29, 1.82) is 0 Å². The number of aryl methyl sites for hydroxylation is 1. The van der Waals surface area contributed by atoms with E-state index in [0.717, 1.165) is 19.4 Å². The van der Waals surface area contributed by atoms with Crippen LogP contribution in [-0.2, 0) is 0 Å². The summed E-state index contributed by atoms with van der Waals surface area (Å²) in [4.78, 5) is 14.8.